The normalized spacial score (nSPS) is 13.5. The summed E-state index contributed by atoms with van der Waals surface area (Å²) in [6.07, 6.45) is 35.3. The summed E-state index contributed by atoms with van der Waals surface area (Å²) in [7, 11) is 0. The third-order valence-electron chi connectivity index (χ3n) is 7.18. The monoisotopic (exact) mass is 521 g/mol. The maximum absolute atomic E-state index is 12.2. The molecule has 0 aromatic rings. The van der Waals surface area contributed by atoms with Gasteiger partial charge in [-0.1, -0.05) is 134 Å². The molecule has 2 atom stereocenters. The summed E-state index contributed by atoms with van der Waals surface area (Å²) in [5.41, 5.74) is 0. The van der Waals surface area contributed by atoms with Crippen molar-refractivity contribution in [2.45, 2.75) is 174 Å². The van der Waals surface area contributed by atoms with Crippen LogP contribution in [-0.2, 0) is 4.79 Å². The Kier molecular flexibility index (Phi) is 28.5. The van der Waals surface area contributed by atoms with Gasteiger partial charge in [-0.2, -0.15) is 0 Å². The van der Waals surface area contributed by atoms with Gasteiger partial charge in [-0.3, -0.25) is 4.79 Å². The molecule has 0 spiro atoms. The minimum absolute atomic E-state index is 0.0766. The number of unbranched alkanes of at least 4 members (excludes halogenated alkanes) is 19. The van der Waals surface area contributed by atoms with Crippen molar-refractivity contribution in [1.29, 1.82) is 0 Å². The summed E-state index contributed by atoms with van der Waals surface area (Å²) in [6.45, 7) is 4.26. The Labute approximate surface area is 230 Å². The number of carbonyl (C=O) groups excluding carboxylic acids is 1. The summed E-state index contributed by atoms with van der Waals surface area (Å²) in [4.78, 5) is 12.2. The highest BCUT2D eigenvalue weighted by Gasteiger charge is 2.17. The van der Waals surface area contributed by atoms with Crippen molar-refractivity contribution in [3.05, 3.63) is 24.3 Å². The predicted molar refractivity (Wildman–Crippen MR) is 161 cm³/mol. The van der Waals surface area contributed by atoms with Gasteiger partial charge in [0.1, 0.15) is 0 Å². The Morgan fingerprint density at radius 1 is 0.622 bits per heavy atom. The number of aliphatic hydroxyl groups is 2. The fraction of sp³-hybridized carbons (Fsp3) is 0.848. The summed E-state index contributed by atoms with van der Waals surface area (Å²) in [5, 5.41) is 22.7. The van der Waals surface area contributed by atoms with E-state index in [1.54, 1.807) is 6.08 Å². The van der Waals surface area contributed by atoms with Gasteiger partial charge in [-0.15, -0.1) is 0 Å². The molecule has 4 nitrogen and oxygen atoms in total. The second-order valence-corrected chi connectivity index (χ2v) is 10.9. The lowest BCUT2D eigenvalue weighted by Gasteiger charge is -2.20. The maximum Gasteiger partial charge on any atom is 0.220 e. The second-order valence-electron chi connectivity index (χ2n) is 10.9. The largest absolute Gasteiger partial charge is 0.394 e. The number of aliphatic hydroxyl groups excluding tert-OH is 2. The molecule has 37 heavy (non-hydrogen) atoms. The van der Waals surface area contributed by atoms with E-state index in [0.29, 0.717) is 6.42 Å². The Morgan fingerprint density at radius 3 is 1.49 bits per heavy atom. The third kappa shape index (κ3) is 26.3. The lowest BCUT2D eigenvalue weighted by Crippen LogP contribution is -2.45. The first-order valence-electron chi connectivity index (χ1n) is 16.1. The Balaban J connectivity index is 3.68. The van der Waals surface area contributed by atoms with Crippen molar-refractivity contribution in [3.63, 3.8) is 0 Å². The van der Waals surface area contributed by atoms with E-state index in [2.05, 4.69) is 31.3 Å². The summed E-state index contributed by atoms with van der Waals surface area (Å²) in [5.74, 6) is -0.0766. The van der Waals surface area contributed by atoms with Crippen molar-refractivity contribution in [2.24, 2.45) is 0 Å². The van der Waals surface area contributed by atoms with Crippen LogP contribution < -0.4 is 5.32 Å². The first-order chi connectivity index (χ1) is 18.2. The molecule has 0 saturated carbocycles. The van der Waals surface area contributed by atoms with Crippen LogP contribution in [0.2, 0.25) is 0 Å². The zero-order valence-electron chi connectivity index (χ0n) is 24.7. The van der Waals surface area contributed by atoms with Crippen LogP contribution in [0.1, 0.15) is 162 Å². The van der Waals surface area contributed by atoms with E-state index in [-0.39, 0.29) is 12.5 Å². The summed E-state index contributed by atoms with van der Waals surface area (Å²) < 4.78 is 0. The molecule has 0 rings (SSSR count). The average Bonchev–Trinajstić information content (AvgIpc) is 2.90. The minimum Gasteiger partial charge on any atom is -0.394 e. The van der Waals surface area contributed by atoms with Crippen molar-refractivity contribution in [1.82, 2.24) is 5.32 Å². The number of nitrogens with one attached hydrogen (secondary N) is 1. The van der Waals surface area contributed by atoms with Crippen LogP contribution >= 0.6 is 0 Å². The minimum atomic E-state index is -0.836. The van der Waals surface area contributed by atoms with Gasteiger partial charge in [-0.05, 0) is 44.9 Å². The fourth-order valence-electron chi connectivity index (χ4n) is 4.64. The number of allylic oxidation sites excluding steroid dienone is 3. The highest BCUT2D eigenvalue weighted by atomic mass is 16.3. The van der Waals surface area contributed by atoms with Crippen LogP contribution in [0.25, 0.3) is 0 Å². The van der Waals surface area contributed by atoms with Crippen LogP contribution in [-0.4, -0.2) is 34.9 Å². The van der Waals surface area contributed by atoms with E-state index >= 15 is 0 Å². The van der Waals surface area contributed by atoms with Crippen molar-refractivity contribution in [3.8, 4) is 0 Å². The van der Waals surface area contributed by atoms with Crippen LogP contribution in [0, 0.1) is 0 Å². The lowest BCUT2D eigenvalue weighted by atomic mass is 10.1. The Hall–Kier alpha value is -1.13. The molecule has 1 amide bonds. The molecule has 0 saturated heterocycles. The molecule has 0 radical (unpaired) electrons. The molecular formula is C33H63NO3. The van der Waals surface area contributed by atoms with Crippen molar-refractivity contribution >= 4 is 5.91 Å². The van der Waals surface area contributed by atoms with Crippen LogP contribution in [0.15, 0.2) is 24.3 Å². The molecule has 0 bridgehead atoms. The predicted octanol–water partition coefficient (Wildman–Crippen LogP) is 8.95. The van der Waals surface area contributed by atoms with E-state index in [9.17, 15) is 15.0 Å². The quantitative estimate of drug-likeness (QED) is 0.0711. The van der Waals surface area contributed by atoms with Crippen molar-refractivity contribution < 1.29 is 15.0 Å². The number of carbonyl (C=O) groups is 1. The first kappa shape index (κ1) is 35.9. The highest BCUT2D eigenvalue weighted by molar-refractivity contribution is 5.76. The molecular weight excluding hydrogens is 458 g/mol. The van der Waals surface area contributed by atoms with Gasteiger partial charge in [0.05, 0.1) is 18.8 Å². The number of hydrogen-bond acceptors (Lipinski definition) is 3. The van der Waals surface area contributed by atoms with E-state index in [0.717, 1.165) is 38.5 Å². The third-order valence-corrected chi connectivity index (χ3v) is 7.18. The zero-order valence-corrected chi connectivity index (χ0v) is 24.7. The van der Waals surface area contributed by atoms with Crippen LogP contribution in [0.5, 0.6) is 0 Å². The molecule has 0 fully saturated rings. The second kappa shape index (κ2) is 29.4. The zero-order chi connectivity index (χ0) is 27.2. The smallest absolute Gasteiger partial charge is 0.220 e. The van der Waals surface area contributed by atoms with Gasteiger partial charge in [0, 0.05) is 6.42 Å². The molecule has 3 N–H and O–H groups in total. The molecule has 0 aromatic carbocycles. The van der Waals surface area contributed by atoms with Crippen LogP contribution in [0.3, 0.4) is 0 Å². The molecule has 218 valence electrons. The van der Waals surface area contributed by atoms with E-state index in [1.807, 2.05) is 6.08 Å². The fourth-order valence-corrected chi connectivity index (χ4v) is 4.64. The van der Waals surface area contributed by atoms with Crippen LogP contribution in [0.4, 0.5) is 0 Å². The van der Waals surface area contributed by atoms with Gasteiger partial charge in [0.2, 0.25) is 5.91 Å². The van der Waals surface area contributed by atoms with E-state index in [4.69, 9.17) is 0 Å². The lowest BCUT2D eigenvalue weighted by molar-refractivity contribution is -0.123. The topological polar surface area (TPSA) is 69.6 Å². The molecule has 0 aromatic heterocycles. The summed E-state index contributed by atoms with van der Waals surface area (Å²) >= 11 is 0. The number of rotatable bonds is 28. The van der Waals surface area contributed by atoms with Gasteiger partial charge in [0.15, 0.2) is 0 Å². The number of hydrogen-bond donors (Lipinski definition) is 3. The highest BCUT2D eigenvalue weighted by Crippen LogP contribution is 2.12. The molecule has 0 aliphatic rings. The molecule has 0 heterocycles. The Bertz CT molecular complexity index is 532. The van der Waals surface area contributed by atoms with E-state index in [1.165, 1.54) is 103 Å². The molecule has 4 heteroatoms. The van der Waals surface area contributed by atoms with Gasteiger partial charge >= 0.3 is 0 Å². The van der Waals surface area contributed by atoms with E-state index < -0.39 is 12.1 Å². The molecule has 0 aliphatic heterocycles. The maximum atomic E-state index is 12.2. The molecule has 0 aliphatic carbocycles. The van der Waals surface area contributed by atoms with Gasteiger partial charge in [-0.25, -0.2) is 0 Å². The van der Waals surface area contributed by atoms with Gasteiger partial charge in [0.25, 0.3) is 0 Å². The standard InChI is InChI=1S/C33H63NO3/c1-3-5-7-9-11-13-15-16-17-19-21-23-25-27-29-33(37)34-31(30-35)32(36)28-26-24-22-20-18-14-12-10-8-6-4-2/h15-16,26,28,31-32,35-36H,3-14,17-25,27,29-30H2,1-2H3,(H,34,37)/b16-15+,28-26+/t31-,32+/m0/s1. The average molecular weight is 522 g/mol. The van der Waals surface area contributed by atoms with Gasteiger partial charge < -0.3 is 15.5 Å². The SMILES string of the molecule is CCCCCCC/C=C/CCCCCCCC(=O)N[C@@H](CO)[C@H](O)/C=C/CCCCCCCCCCC. The Morgan fingerprint density at radius 2 is 1.03 bits per heavy atom. The first-order valence-corrected chi connectivity index (χ1v) is 16.1. The molecule has 0 unspecified atom stereocenters. The van der Waals surface area contributed by atoms with Crippen molar-refractivity contribution in [2.75, 3.05) is 6.61 Å². The summed E-state index contributed by atoms with van der Waals surface area (Å²) in [6, 6.07) is -0.620. The number of amides is 1.